The number of hydrogen-bond donors (Lipinski definition) is 1. The number of nitrogens with zero attached hydrogens (tertiary/aromatic N) is 4. The minimum Gasteiger partial charge on any atom is -0.479 e. The van der Waals surface area contributed by atoms with Crippen LogP contribution in [-0.2, 0) is 10.3 Å². The normalized spacial score (nSPS) is 19.4. The molecule has 0 aromatic carbocycles. The lowest BCUT2D eigenvalue weighted by atomic mass is 9.88. The fraction of sp³-hybridized carbons (Fsp3) is 0.556. The highest BCUT2D eigenvalue weighted by atomic mass is 16.4. The van der Waals surface area contributed by atoms with Gasteiger partial charge in [-0.15, -0.1) is 4.91 Å². The molecule has 1 N–H and O–H groups in total. The van der Waals surface area contributed by atoms with Crippen molar-refractivity contribution in [2.45, 2.75) is 18.4 Å². The Morgan fingerprint density at radius 1 is 1.44 bits per heavy atom. The van der Waals surface area contributed by atoms with E-state index in [1.165, 1.54) is 9.69 Å². The predicted octanol–water partition coefficient (Wildman–Crippen LogP) is 0.440. The van der Waals surface area contributed by atoms with E-state index in [1.807, 2.05) is 0 Å². The summed E-state index contributed by atoms with van der Waals surface area (Å²) >= 11 is 0. The summed E-state index contributed by atoms with van der Waals surface area (Å²) in [6.07, 6.45) is 3.85. The lowest BCUT2D eigenvalue weighted by Gasteiger charge is -2.36. The maximum absolute atomic E-state index is 11.4. The Kier molecular flexibility index (Phi) is 2.59. The van der Waals surface area contributed by atoms with Gasteiger partial charge in [0.2, 0.25) is 0 Å². The van der Waals surface area contributed by atoms with E-state index in [0.717, 1.165) is 0 Å². The number of carbonyl (C=O) groups is 1. The van der Waals surface area contributed by atoms with Crippen LogP contribution in [0.2, 0.25) is 0 Å². The molecule has 0 unspecified atom stereocenters. The smallest absolute Gasteiger partial charge is 0.331 e. The van der Waals surface area contributed by atoms with Gasteiger partial charge in [0, 0.05) is 38.3 Å². The topological polar surface area (TPSA) is 87.8 Å². The lowest BCUT2D eigenvalue weighted by Crippen LogP contribution is -2.50. The molecule has 1 aliphatic heterocycles. The zero-order valence-corrected chi connectivity index (χ0v) is 8.61. The summed E-state index contributed by atoms with van der Waals surface area (Å²) in [7, 11) is 0. The second kappa shape index (κ2) is 3.92. The van der Waals surface area contributed by atoms with E-state index in [1.54, 1.807) is 18.5 Å². The first-order chi connectivity index (χ1) is 7.69. The molecule has 1 aromatic heterocycles. The third-order valence-corrected chi connectivity index (χ3v) is 3.02. The summed E-state index contributed by atoms with van der Waals surface area (Å²) < 4.78 is 1.46. The van der Waals surface area contributed by atoms with Crippen molar-refractivity contribution in [2.75, 3.05) is 13.1 Å². The van der Waals surface area contributed by atoms with Crippen molar-refractivity contribution in [1.29, 1.82) is 0 Å². The monoisotopic (exact) mass is 224 g/mol. The lowest BCUT2D eigenvalue weighted by molar-refractivity contribution is -0.151. The molecular weight excluding hydrogens is 212 g/mol. The predicted molar refractivity (Wildman–Crippen MR) is 54.4 cm³/mol. The molecule has 0 radical (unpaired) electrons. The van der Waals surface area contributed by atoms with Crippen LogP contribution in [0.15, 0.2) is 23.7 Å². The minimum atomic E-state index is -1.04. The summed E-state index contributed by atoms with van der Waals surface area (Å²) in [6.45, 7) is 0.686. The van der Waals surface area contributed by atoms with Crippen molar-refractivity contribution in [3.63, 3.8) is 0 Å². The van der Waals surface area contributed by atoms with Gasteiger partial charge in [0.1, 0.15) is 0 Å². The quantitative estimate of drug-likeness (QED) is 0.752. The molecule has 1 saturated heterocycles. The van der Waals surface area contributed by atoms with E-state index in [9.17, 15) is 14.8 Å². The Hall–Kier alpha value is -1.92. The molecule has 7 nitrogen and oxygen atoms in total. The van der Waals surface area contributed by atoms with Gasteiger partial charge in [0.05, 0.1) is 5.29 Å². The summed E-state index contributed by atoms with van der Waals surface area (Å²) in [5, 5.41) is 17.5. The Bertz CT molecular complexity index is 381. The van der Waals surface area contributed by atoms with Crippen LogP contribution in [0.5, 0.6) is 0 Å². The fourth-order valence-corrected chi connectivity index (χ4v) is 2.01. The molecule has 0 atom stereocenters. The van der Waals surface area contributed by atoms with E-state index in [0.29, 0.717) is 25.9 Å². The van der Waals surface area contributed by atoms with E-state index in [-0.39, 0.29) is 0 Å². The molecule has 86 valence electrons. The first-order valence-electron chi connectivity index (χ1n) is 5.01. The molecule has 16 heavy (non-hydrogen) atoms. The number of carboxylic acid groups (broad SMARTS) is 1. The van der Waals surface area contributed by atoms with Gasteiger partial charge in [-0.25, -0.2) is 4.79 Å². The molecular formula is C9H12N4O3. The van der Waals surface area contributed by atoms with Gasteiger partial charge in [0.15, 0.2) is 5.54 Å². The van der Waals surface area contributed by atoms with Crippen LogP contribution in [-0.4, -0.2) is 39.0 Å². The standard InChI is InChI=1S/C9H12N4O3/c14-8(15)9(13-5-1-4-10-13)2-6-12(11-16)7-3-9/h1,4-5H,2-3,6-7H2,(H,14,15). The van der Waals surface area contributed by atoms with E-state index >= 15 is 0 Å². The van der Waals surface area contributed by atoms with Crippen LogP contribution in [0.1, 0.15) is 12.8 Å². The highest BCUT2D eigenvalue weighted by Crippen LogP contribution is 2.29. The van der Waals surface area contributed by atoms with Gasteiger partial charge >= 0.3 is 5.97 Å². The molecule has 1 aliphatic rings. The number of carboxylic acids is 1. The summed E-state index contributed by atoms with van der Waals surface area (Å²) in [6, 6.07) is 1.69. The maximum atomic E-state index is 11.4. The van der Waals surface area contributed by atoms with Gasteiger partial charge in [0.25, 0.3) is 0 Å². The number of hydrogen-bond acceptors (Lipinski definition) is 4. The third kappa shape index (κ3) is 1.54. The number of nitroso groups, excluding NO2 is 1. The number of aliphatic carboxylic acids is 1. The van der Waals surface area contributed by atoms with Crippen LogP contribution in [0.4, 0.5) is 0 Å². The molecule has 0 amide bonds. The largest absolute Gasteiger partial charge is 0.479 e. The molecule has 0 saturated carbocycles. The van der Waals surface area contributed by atoms with Crippen molar-refractivity contribution < 1.29 is 9.90 Å². The van der Waals surface area contributed by atoms with Gasteiger partial charge in [-0.3, -0.25) is 9.69 Å². The average molecular weight is 224 g/mol. The molecule has 2 heterocycles. The summed E-state index contributed by atoms with van der Waals surface area (Å²) in [4.78, 5) is 21.7. The molecule has 1 aromatic rings. The SMILES string of the molecule is O=NN1CCC(C(=O)O)(n2cccn2)CC1. The first-order valence-corrected chi connectivity index (χ1v) is 5.01. The van der Waals surface area contributed by atoms with Crippen LogP contribution in [0.25, 0.3) is 0 Å². The van der Waals surface area contributed by atoms with Crippen LogP contribution in [0.3, 0.4) is 0 Å². The molecule has 1 fully saturated rings. The van der Waals surface area contributed by atoms with Gasteiger partial charge in [-0.1, -0.05) is 0 Å². The van der Waals surface area contributed by atoms with Crippen molar-refractivity contribution in [3.05, 3.63) is 23.4 Å². The number of rotatable bonds is 3. The first kappa shape index (κ1) is 10.6. The fourth-order valence-electron chi connectivity index (χ4n) is 2.01. The summed E-state index contributed by atoms with van der Waals surface area (Å²) in [5.74, 6) is -0.915. The molecule has 0 spiro atoms. The Morgan fingerprint density at radius 2 is 2.12 bits per heavy atom. The zero-order valence-electron chi connectivity index (χ0n) is 8.61. The molecule has 0 aliphatic carbocycles. The van der Waals surface area contributed by atoms with Crippen LogP contribution in [0, 0.1) is 4.91 Å². The average Bonchev–Trinajstić information content (AvgIpc) is 2.82. The van der Waals surface area contributed by atoms with Crippen molar-refractivity contribution in [3.8, 4) is 0 Å². The van der Waals surface area contributed by atoms with Crippen molar-refractivity contribution in [1.82, 2.24) is 14.8 Å². The zero-order chi connectivity index (χ0) is 11.6. The molecule has 7 heteroatoms. The van der Waals surface area contributed by atoms with Crippen molar-refractivity contribution >= 4 is 5.97 Å². The highest BCUT2D eigenvalue weighted by Gasteiger charge is 2.44. The summed E-state index contributed by atoms with van der Waals surface area (Å²) in [5.41, 5.74) is -1.04. The van der Waals surface area contributed by atoms with E-state index in [4.69, 9.17) is 0 Å². The number of piperidine rings is 1. The van der Waals surface area contributed by atoms with Crippen molar-refractivity contribution in [2.24, 2.45) is 5.29 Å². The second-order valence-electron chi connectivity index (χ2n) is 3.82. The Morgan fingerprint density at radius 3 is 2.56 bits per heavy atom. The Balaban J connectivity index is 2.26. The van der Waals surface area contributed by atoms with E-state index in [2.05, 4.69) is 10.4 Å². The highest BCUT2D eigenvalue weighted by molar-refractivity contribution is 5.76. The molecule has 0 bridgehead atoms. The third-order valence-electron chi connectivity index (χ3n) is 3.02. The maximum Gasteiger partial charge on any atom is 0.331 e. The molecule has 2 rings (SSSR count). The van der Waals surface area contributed by atoms with Gasteiger partial charge in [-0.2, -0.15) is 5.10 Å². The minimum absolute atomic E-state index is 0.329. The van der Waals surface area contributed by atoms with Crippen LogP contribution < -0.4 is 0 Å². The van der Waals surface area contributed by atoms with E-state index < -0.39 is 11.5 Å². The van der Waals surface area contributed by atoms with Crippen LogP contribution >= 0.6 is 0 Å². The second-order valence-corrected chi connectivity index (χ2v) is 3.82. The Labute approximate surface area is 91.6 Å². The van der Waals surface area contributed by atoms with Gasteiger partial charge < -0.3 is 5.11 Å². The van der Waals surface area contributed by atoms with Gasteiger partial charge in [-0.05, 0) is 6.07 Å². The number of aromatic nitrogens is 2.